The number of nitrogens with one attached hydrogen (secondary N) is 2. The van der Waals surface area contributed by atoms with Crippen LogP contribution in [0.5, 0.6) is 0 Å². The molecule has 1 unspecified atom stereocenters. The number of carbonyl (C=O) groups excluding carboxylic acids is 2. The van der Waals surface area contributed by atoms with E-state index in [4.69, 9.17) is 4.74 Å². The first-order chi connectivity index (χ1) is 16.5. The van der Waals surface area contributed by atoms with Gasteiger partial charge in [0.2, 0.25) is 11.8 Å². The van der Waals surface area contributed by atoms with E-state index < -0.39 is 0 Å². The van der Waals surface area contributed by atoms with Gasteiger partial charge in [-0.15, -0.1) is 0 Å². The van der Waals surface area contributed by atoms with E-state index in [1.54, 1.807) is 0 Å². The summed E-state index contributed by atoms with van der Waals surface area (Å²) < 4.78 is 7.98. The number of para-hydroxylation sites is 1. The summed E-state index contributed by atoms with van der Waals surface area (Å²) in [5, 5.41) is 6.37. The van der Waals surface area contributed by atoms with Gasteiger partial charge in [-0.3, -0.25) is 9.59 Å². The molecule has 8 heteroatoms. The number of aryl methyl sites for hydroxylation is 2. The molecule has 4 rings (SSSR count). The van der Waals surface area contributed by atoms with Crippen LogP contribution in [-0.2, 0) is 20.9 Å². The molecule has 2 amide bonds. The van der Waals surface area contributed by atoms with E-state index in [-0.39, 0.29) is 30.2 Å². The average Bonchev–Trinajstić information content (AvgIpc) is 3.50. The van der Waals surface area contributed by atoms with Crippen molar-refractivity contribution in [2.24, 2.45) is 0 Å². The van der Waals surface area contributed by atoms with E-state index in [1.807, 2.05) is 56.4 Å². The molecule has 1 saturated heterocycles. The minimum atomic E-state index is -0.248. The fraction of sp³-hybridized carbons (Fsp3) is 0.346. The summed E-state index contributed by atoms with van der Waals surface area (Å²) >= 11 is 1.37. The van der Waals surface area contributed by atoms with Gasteiger partial charge in [0.15, 0.2) is 5.16 Å². The van der Waals surface area contributed by atoms with Crippen molar-refractivity contribution in [1.29, 1.82) is 0 Å². The number of aromatic nitrogens is 2. The van der Waals surface area contributed by atoms with Gasteiger partial charge < -0.3 is 19.9 Å². The zero-order chi connectivity index (χ0) is 23.9. The van der Waals surface area contributed by atoms with E-state index in [9.17, 15) is 9.59 Å². The molecule has 1 aromatic heterocycles. The molecular weight excluding hydrogens is 448 g/mol. The van der Waals surface area contributed by atoms with Gasteiger partial charge in [0.05, 0.1) is 36.8 Å². The van der Waals surface area contributed by atoms with Crippen molar-refractivity contribution in [3.8, 4) is 11.3 Å². The summed E-state index contributed by atoms with van der Waals surface area (Å²) in [6.45, 7) is 5.30. The largest absolute Gasteiger partial charge is 0.376 e. The number of nitrogens with zero attached hydrogens (tertiary/aromatic N) is 2. The van der Waals surface area contributed by atoms with Gasteiger partial charge in [-0.2, -0.15) is 0 Å². The van der Waals surface area contributed by atoms with Crippen molar-refractivity contribution in [3.05, 3.63) is 65.9 Å². The van der Waals surface area contributed by atoms with Crippen LogP contribution in [0, 0.1) is 13.8 Å². The number of ether oxygens (including phenoxy) is 1. The molecule has 1 atom stereocenters. The van der Waals surface area contributed by atoms with E-state index in [0.29, 0.717) is 6.54 Å². The molecule has 1 fully saturated rings. The average molecular weight is 479 g/mol. The molecule has 2 heterocycles. The molecule has 0 bridgehead atoms. The van der Waals surface area contributed by atoms with Crippen LogP contribution in [0.2, 0.25) is 0 Å². The lowest BCUT2D eigenvalue weighted by molar-refractivity contribution is -0.122. The molecule has 2 aromatic carbocycles. The molecule has 2 N–H and O–H groups in total. The molecule has 178 valence electrons. The van der Waals surface area contributed by atoms with E-state index in [1.165, 1.54) is 11.8 Å². The number of thioether (sulfide) groups is 1. The highest BCUT2D eigenvalue weighted by Crippen LogP contribution is 2.28. The monoisotopic (exact) mass is 478 g/mol. The number of anilines is 1. The minimum absolute atomic E-state index is 0.0766. The van der Waals surface area contributed by atoms with Crippen LogP contribution in [0.1, 0.15) is 24.0 Å². The molecule has 0 radical (unpaired) electrons. The van der Waals surface area contributed by atoms with Gasteiger partial charge in [-0.1, -0.05) is 60.3 Å². The van der Waals surface area contributed by atoms with Gasteiger partial charge in [-0.05, 0) is 43.4 Å². The maximum atomic E-state index is 12.5. The topological polar surface area (TPSA) is 85.3 Å². The van der Waals surface area contributed by atoms with E-state index in [0.717, 1.165) is 52.7 Å². The molecule has 0 saturated carbocycles. The third-order valence-electron chi connectivity index (χ3n) is 5.82. The van der Waals surface area contributed by atoms with Gasteiger partial charge in [0.1, 0.15) is 0 Å². The lowest BCUT2D eigenvalue weighted by Gasteiger charge is -2.16. The fourth-order valence-electron chi connectivity index (χ4n) is 4.04. The Kier molecular flexibility index (Phi) is 8.03. The van der Waals surface area contributed by atoms with Gasteiger partial charge in [0.25, 0.3) is 0 Å². The number of imidazole rings is 1. The Hall–Kier alpha value is -3.10. The lowest BCUT2D eigenvalue weighted by Crippen LogP contribution is -2.34. The minimum Gasteiger partial charge on any atom is -0.376 e. The van der Waals surface area contributed by atoms with Crippen LogP contribution in [0.3, 0.4) is 0 Å². The Bertz CT molecular complexity index is 1120. The standard InChI is InChI=1S/C26H30N4O3S/c1-18-8-6-9-19(2)25(18)29-23(31)15-27-24(32)17-34-26-28-14-22(20-10-4-3-5-11-20)30(26)16-21-12-7-13-33-21/h3-6,8-11,14,21H,7,12-13,15-17H2,1-2H3,(H,27,32)(H,29,31). The number of benzene rings is 2. The fourth-order valence-corrected chi connectivity index (χ4v) is 4.86. The number of hydrogen-bond acceptors (Lipinski definition) is 5. The van der Waals surface area contributed by atoms with Crippen LogP contribution in [0.4, 0.5) is 5.69 Å². The summed E-state index contributed by atoms with van der Waals surface area (Å²) in [6.07, 6.45) is 4.09. The van der Waals surface area contributed by atoms with Crippen molar-refractivity contribution in [1.82, 2.24) is 14.9 Å². The number of hydrogen-bond donors (Lipinski definition) is 2. The smallest absolute Gasteiger partial charge is 0.243 e. The quantitative estimate of drug-likeness (QED) is 0.451. The van der Waals surface area contributed by atoms with Crippen LogP contribution in [0.25, 0.3) is 11.3 Å². The molecule has 1 aliphatic rings. The second kappa shape index (κ2) is 11.4. The summed E-state index contributed by atoms with van der Waals surface area (Å²) in [7, 11) is 0. The second-order valence-corrected chi connectivity index (χ2v) is 9.36. The van der Waals surface area contributed by atoms with Gasteiger partial charge in [0, 0.05) is 12.3 Å². The van der Waals surface area contributed by atoms with Crippen LogP contribution >= 0.6 is 11.8 Å². The van der Waals surface area contributed by atoms with E-state index in [2.05, 4.69) is 32.3 Å². The number of carbonyl (C=O) groups is 2. The summed E-state index contributed by atoms with van der Waals surface area (Å²) in [5.74, 6) is -0.287. The first-order valence-corrected chi connectivity index (χ1v) is 12.5. The van der Waals surface area contributed by atoms with Crippen LogP contribution < -0.4 is 10.6 Å². The summed E-state index contributed by atoms with van der Waals surface area (Å²) in [4.78, 5) is 29.4. The normalized spacial score (nSPS) is 15.3. The number of amides is 2. The summed E-state index contributed by atoms with van der Waals surface area (Å²) in [5.41, 5.74) is 4.85. The highest BCUT2D eigenvalue weighted by Gasteiger charge is 2.21. The molecule has 0 spiro atoms. The van der Waals surface area contributed by atoms with Gasteiger partial charge in [-0.25, -0.2) is 4.98 Å². The highest BCUT2D eigenvalue weighted by atomic mass is 32.2. The predicted molar refractivity (Wildman–Crippen MR) is 135 cm³/mol. The Morgan fingerprint density at radius 3 is 2.56 bits per heavy atom. The molecule has 7 nitrogen and oxygen atoms in total. The maximum absolute atomic E-state index is 12.5. The molecule has 0 aliphatic carbocycles. The van der Waals surface area contributed by atoms with Crippen molar-refractivity contribution in [2.45, 2.75) is 44.5 Å². The Balaban J connectivity index is 1.35. The Labute approximate surface area is 204 Å². The van der Waals surface area contributed by atoms with Crippen LogP contribution in [-0.4, -0.2) is 46.4 Å². The zero-order valence-electron chi connectivity index (χ0n) is 19.5. The second-order valence-electron chi connectivity index (χ2n) is 8.42. The predicted octanol–water partition coefficient (Wildman–Crippen LogP) is 4.19. The lowest BCUT2D eigenvalue weighted by atomic mass is 10.1. The molecule has 34 heavy (non-hydrogen) atoms. The summed E-state index contributed by atoms with van der Waals surface area (Å²) in [6, 6.07) is 15.9. The van der Waals surface area contributed by atoms with E-state index >= 15 is 0 Å². The van der Waals surface area contributed by atoms with Crippen molar-refractivity contribution in [3.63, 3.8) is 0 Å². The van der Waals surface area contributed by atoms with Crippen molar-refractivity contribution < 1.29 is 14.3 Å². The van der Waals surface area contributed by atoms with Crippen molar-refractivity contribution in [2.75, 3.05) is 24.2 Å². The third-order valence-corrected chi connectivity index (χ3v) is 6.81. The maximum Gasteiger partial charge on any atom is 0.243 e. The highest BCUT2D eigenvalue weighted by molar-refractivity contribution is 7.99. The third kappa shape index (κ3) is 6.07. The number of rotatable bonds is 9. The van der Waals surface area contributed by atoms with Crippen LogP contribution in [0.15, 0.2) is 59.9 Å². The molecule has 1 aliphatic heterocycles. The Morgan fingerprint density at radius 2 is 1.85 bits per heavy atom. The molecular formula is C26H30N4O3S. The van der Waals surface area contributed by atoms with Crippen molar-refractivity contribution >= 4 is 29.3 Å². The molecule has 3 aromatic rings. The first kappa shape index (κ1) is 24.0. The van der Waals surface area contributed by atoms with Gasteiger partial charge >= 0.3 is 0 Å². The Morgan fingerprint density at radius 1 is 1.09 bits per heavy atom. The SMILES string of the molecule is Cc1cccc(C)c1NC(=O)CNC(=O)CSc1ncc(-c2ccccc2)n1CC1CCCO1. The first-order valence-electron chi connectivity index (χ1n) is 11.5. The zero-order valence-corrected chi connectivity index (χ0v) is 20.4.